The van der Waals surface area contributed by atoms with E-state index in [4.69, 9.17) is 0 Å². The van der Waals surface area contributed by atoms with Crippen molar-refractivity contribution in [3.8, 4) is 0 Å². The quantitative estimate of drug-likeness (QED) is 0.891. The van der Waals surface area contributed by atoms with Gasteiger partial charge in [-0.1, -0.05) is 36.4 Å². The number of amides is 2. The number of nitrogens with zero attached hydrogens (tertiary/aromatic N) is 2. The van der Waals surface area contributed by atoms with Crippen molar-refractivity contribution in [2.24, 2.45) is 0 Å². The minimum Gasteiger partial charge on any atom is -0.350 e. The van der Waals surface area contributed by atoms with E-state index in [-0.39, 0.29) is 23.9 Å². The lowest BCUT2D eigenvalue weighted by molar-refractivity contribution is -0.136. The summed E-state index contributed by atoms with van der Waals surface area (Å²) in [6.45, 7) is 7.84. The Labute approximate surface area is 150 Å². The summed E-state index contributed by atoms with van der Waals surface area (Å²) in [5.41, 5.74) is 2.30. The number of carbonyl (C=O) groups is 2. The summed E-state index contributed by atoms with van der Waals surface area (Å²) in [5.74, 6) is -0.158. The Morgan fingerprint density at radius 3 is 2.44 bits per heavy atom. The lowest BCUT2D eigenvalue weighted by Gasteiger charge is -2.28. The fourth-order valence-corrected chi connectivity index (χ4v) is 2.84. The summed E-state index contributed by atoms with van der Waals surface area (Å²) in [4.78, 5) is 27.9. The molecule has 0 saturated carbocycles. The van der Waals surface area contributed by atoms with Crippen LogP contribution in [0.5, 0.6) is 0 Å². The molecule has 0 unspecified atom stereocenters. The van der Waals surface area contributed by atoms with Crippen LogP contribution in [0.3, 0.4) is 0 Å². The molecular formula is C20H29N3O2. The Bertz CT molecular complexity index is 632. The SMILES string of the molecule is CN(CC(=O)NC(C)(C)C)C(=O)CN1CC=C(c2ccccc2)CC1. The third kappa shape index (κ3) is 6.35. The molecule has 0 atom stereocenters. The van der Waals surface area contributed by atoms with E-state index in [1.165, 1.54) is 16.0 Å². The van der Waals surface area contributed by atoms with Gasteiger partial charge >= 0.3 is 0 Å². The smallest absolute Gasteiger partial charge is 0.240 e. The van der Waals surface area contributed by atoms with E-state index in [1.54, 1.807) is 7.05 Å². The second-order valence-corrected chi connectivity index (χ2v) is 7.63. The third-order valence-electron chi connectivity index (χ3n) is 4.12. The Kier molecular flexibility index (Phi) is 6.37. The van der Waals surface area contributed by atoms with E-state index in [2.05, 4.69) is 28.4 Å². The summed E-state index contributed by atoms with van der Waals surface area (Å²) < 4.78 is 0. The number of carbonyl (C=O) groups excluding carboxylic acids is 2. The normalized spacial score (nSPS) is 15.4. The van der Waals surface area contributed by atoms with Crippen LogP contribution in [-0.2, 0) is 9.59 Å². The Morgan fingerprint density at radius 2 is 1.88 bits per heavy atom. The van der Waals surface area contributed by atoms with Gasteiger partial charge in [-0.15, -0.1) is 0 Å². The molecule has 5 heteroatoms. The standard InChI is InChI=1S/C20H29N3O2/c1-20(2,3)21-18(24)14-22(4)19(25)15-23-12-10-17(11-13-23)16-8-6-5-7-9-16/h5-10H,11-15H2,1-4H3,(H,21,24). The molecule has 2 rings (SSSR count). The molecule has 1 aliphatic rings. The molecule has 1 heterocycles. The van der Waals surface area contributed by atoms with Crippen LogP contribution in [0.15, 0.2) is 36.4 Å². The molecule has 1 N–H and O–H groups in total. The highest BCUT2D eigenvalue weighted by Crippen LogP contribution is 2.21. The molecule has 136 valence electrons. The number of rotatable bonds is 5. The van der Waals surface area contributed by atoms with E-state index < -0.39 is 0 Å². The molecular weight excluding hydrogens is 314 g/mol. The van der Waals surface area contributed by atoms with Crippen molar-refractivity contribution < 1.29 is 9.59 Å². The van der Waals surface area contributed by atoms with Crippen molar-refractivity contribution in [1.29, 1.82) is 0 Å². The van der Waals surface area contributed by atoms with Gasteiger partial charge in [-0.2, -0.15) is 0 Å². The van der Waals surface area contributed by atoms with Gasteiger partial charge in [0.15, 0.2) is 0 Å². The predicted molar refractivity (Wildman–Crippen MR) is 101 cm³/mol. The zero-order chi connectivity index (χ0) is 18.4. The van der Waals surface area contributed by atoms with Crippen molar-refractivity contribution in [1.82, 2.24) is 15.1 Å². The average molecular weight is 343 g/mol. The number of likely N-dealkylation sites (N-methyl/N-ethyl adjacent to an activating group) is 1. The van der Waals surface area contributed by atoms with Gasteiger partial charge in [0.1, 0.15) is 0 Å². The summed E-state index contributed by atoms with van der Waals surface area (Å²) in [6, 6.07) is 10.3. The van der Waals surface area contributed by atoms with Crippen LogP contribution in [0.1, 0.15) is 32.8 Å². The zero-order valence-electron chi connectivity index (χ0n) is 15.7. The van der Waals surface area contributed by atoms with Crippen LogP contribution in [-0.4, -0.2) is 60.4 Å². The van der Waals surface area contributed by atoms with Crippen LogP contribution in [0.2, 0.25) is 0 Å². The van der Waals surface area contributed by atoms with E-state index in [1.807, 2.05) is 39.0 Å². The maximum atomic E-state index is 12.3. The van der Waals surface area contributed by atoms with Crippen LogP contribution >= 0.6 is 0 Å². The van der Waals surface area contributed by atoms with Crippen molar-refractivity contribution in [2.75, 3.05) is 33.2 Å². The molecule has 0 aromatic heterocycles. The molecule has 0 bridgehead atoms. The minimum atomic E-state index is -0.285. The number of nitrogens with one attached hydrogen (secondary N) is 1. The van der Waals surface area contributed by atoms with Gasteiger partial charge in [0.05, 0.1) is 13.1 Å². The first-order valence-corrected chi connectivity index (χ1v) is 8.76. The molecule has 0 aliphatic carbocycles. The monoisotopic (exact) mass is 343 g/mol. The number of hydrogen-bond acceptors (Lipinski definition) is 3. The summed E-state index contributed by atoms with van der Waals surface area (Å²) in [7, 11) is 1.68. The second-order valence-electron chi connectivity index (χ2n) is 7.63. The lowest BCUT2D eigenvalue weighted by Crippen LogP contribution is -2.48. The third-order valence-corrected chi connectivity index (χ3v) is 4.12. The topological polar surface area (TPSA) is 52.7 Å². The summed E-state index contributed by atoms with van der Waals surface area (Å²) in [6.07, 6.45) is 3.13. The van der Waals surface area contributed by atoms with Gasteiger partial charge in [-0.3, -0.25) is 14.5 Å². The largest absolute Gasteiger partial charge is 0.350 e. The van der Waals surface area contributed by atoms with Gasteiger partial charge in [0.2, 0.25) is 11.8 Å². The van der Waals surface area contributed by atoms with Crippen LogP contribution in [0.4, 0.5) is 0 Å². The fraction of sp³-hybridized carbons (Fsp3) is 0.500. The fourth-order valence-electron chi connectivity index (χ4n) is 2.84. The Hall–Kier alpha value is -2.14. The maximum absolute atomic E-state index is 12.3. The maximum Gasteiger partial charge on any atom is 0.240 e. The number of benzene rings is 1. The second kappa shape index (κ2) is 8.30. The molecule has 5 nitrogen and oxygen atoms in total. The summed E-state index contributed by atoms with van der Waals surface area (Å²) in [5, 5.41) is 2.88. The van der Waals surface area contributed by atoms with Crippen LogP contribution in [0.25, 0.3) is 5.57 Å². The molecule has 0 fully saturated rings. The molecule has 0 spiro atoms. The molecule has 0 radical (unpaired) electrons. The van der Waals surface area contributed by atoms with Gasteiger partial charge < -0.3 is 10.2 Å². The van der Waals surface area contributed by atoms with Crippen molar-refractivity contribution in [3.63, 3.8) is 0 Å². The molecule has 0 saturated heterocycles. The van der Waals surface area contributed by atoms with E-state index in [0.29, 0.717) is 6.54 Å². The van der Waals surface area contributed by atoms with Crippen molar-refractivity contribution >= 4 is 17.4 Å². The van der Waals surface area contributed by atoms with Gasteiger partial charge in [0.25, 0.3) is 0 Å². The molecule has 1 aliphatic heterocycles. The molecule has 25 heavy (non-hydrogen) atoms. The highest BCUT2D eigenvalue weighted by molar-refractivity contribution is 5.85. The average Bonchev–Trinajstić information content (AvgIpc) is 2.54. The van der Waals surface area contributed by atoms with Gasteiger partial charge in [0, 0.05) is 25.7 Å². The van der Waals surface area contributed by atoms with E-state index in [9.17, 15) is 9.59 Å². The highest BCUT2D eigenvalue weighted by Gasteiger charge is 2.20. The van der Waals surface area contributed by atoms with Crippen LogP contribution < -0.4 is 5.32 Å². The van der Waals surface area contributed by atoms with Crippen molar-refractivity contribution in [3.05, 3.63) is 42.0 Å². The van der Waals surface area contributed by atoms with E-state index in [0.717, 1.165) is 19.5 Å². The van der Waals surface area contributed by atoms with Gasteiger partial charge in [-0.25, -0.2) is 0 Å². The lowest BCUT2D eigenvalue weighted by atomic mass is 10.00. The summed E-state index contributed by atoms with van der Waals surface area (Å²) >= 11 is 0. The zero-order valence-corrected chi connectivity index (χ0v) is 15.7. The predicted octanol–water partition coefficient (Wildman–Crippen LogP) is 2.15. The Morgan fingerprint density at radius 1 is 1.20 bits per heavy atom. The van der Waals surface area contributed by atoms with Gasteiger partial charge in [-0.05, 0) is 38.3 Å². The minimum absolute atomic E-state index is 0.0272. The molecule has 2 amide bonds. The van der Waals surface area contributed by atoms with Crippen molar-refractivity contribution in [2.45, 2.75) is 32.7 Å². The molecule has 1 aromatic carbocycles. The Balaban J connectivity index is 1.81. The first-order chi connectivity index (χ1) is 11.7. The highest BCUT2D eigenvalue weighted by atomic mass is 16.2. The first kappa shape index (κ1) is 19.2. The molecule has 1 aromatic rings. The first-order valence-electron chi connectivity index (χ1n) is 8.76. The van der Waals surface area contributed by atoms with E-state index >= 15 is 0 Å². The van der Waals surface area contributed by atoms with Crippen LogP contribution in [0, 0.1) is 0 Å². The number of hydrogen-bond donors (Lipinski definition) is 1.